The Morgan fingerprint density at radius 3 is 2.68 bits per heavy atom. The Bertz CT molecular complexity index is 576. The Morgan fingerprint density at radius 2 is 2.14 bits per heavy atom. The molecule has 2 N–H and O–H groups in total. The van der Waals surface area contributed by atoms with E-state index in [9.17, 15) is 24.1 Å². The number of carboxylic acids is 1. The summed E-state index contributed by atoms with van der Waals surface area (Å²) in [6, 6.07) is 2.66. The highest BCUT2D eigenvalue weighted by Crippen LogP contribution is 2.19. The van der Waals surface area contributed by atoms with Gasteiger partial charge in [0.1, 0.15) is 6.04 Å². The van der Waals surface area contributed by atoms with E-state index in [0.29, 0.717) is 18.4 Å². The minimum Gasteiger partial charge on any atom is -0.480 e. The Morgan fingerprint density at radius 1 is 1.45 bits per heavy atom. The molecule has 0 aliphatic carbocycles. The fraction of sp³-hybridized carbons (Fsp3) is 0.429. The highest BCUT2D eigenvalue weighted by atomic mass is 19.1. The number of benzene rings is 1. The lowest BCUT2D eigenvalue weighted by molar-refractivity contribution is -0.387. The molecule has 0 aromatic heterocycles. The molecule has 0 aliphatic heterocycles. The maximum absolute atomic E-state index is 13.2. The van der Waals surface area contributed by atoms with Crippen molar-refractivity contribution in [1.82, 2.24) is 5.32 Å². The third-order valence-electron chi connectivity index (χ3n) is 3.12. The molecule has 7 nitrogen and oxygen atoms in total. The van der Waals surface area contributed by atoms with Crippen LogP contribution in [0.2, 0.25) is 0 Å². The van der Waals surface area contributed by atoms with Crippen LogP contribution in [0.3, 0.4) is 0 Å². The minimum atomic E-state index is -1.09. The molecular weight excluding hydrogens is 295 g/mol. The largest absolute Gasteiger partial charge is 0.480 e. The molecule has 0 spiro atoms. The standard InChI is InChI=1S/C14H17FN2O5/c1-2-11(14(19)20)16-13(18)5-3-4-9-6-7-10(15)12(8-9)17(21)22/h6-8,11H,2-5H2,1H3,(H,16,18)(H,19,20). The van der Waals surface area contributed by atoms with Gasteiger partial charge in [-0.3, -0.25) is 14.9 Å². The summed E-state index contributed by atoms with van der Waals surface area (Å²) in [6.45, 7) is 1.65. The summed E-state index contributed by atoms with van der Waals surface area (Å²) in [6.07, 6.45) is 1.11. The van der Waals surface area contributed by atoms with Crippen LogP contribution in [-0.2, 0) is 16.0 Å². The molecule has 1 atom stereocenters. The smallest absolute Gasteiger partial charge is 0.326 e. The second kappa shape index (κ2) is 8.06. The van der Waals surface area contributed by atoms with E-state index in [1.54, 1.807) is 6.92 Å². The quantitative estimate of drug-likeness (QED) is 0.564. The zero-order valence-electron chi connectivity index (χ0n) is 12.0. The lowest BCUT2D eigenvalue weighted by Gasteiger charge is -2.12. The number of nitrogens with zero attached hydrogens (tertiary/aromatic N) is 1. The number of hydrogen-bond donors (Lipinski definition) is 2. The summed E-state index contributed by atoms with van der Waals surface area (Å²) in [5, 5.41) is 21.8. The molecule has 1 rings (SSSR count). The molecule has 1 amide bonds. The molecule has 8 heteroatoms. The first kappa shape index (κ1) is 17.5. The first-order valence-corrected chi connectivity index (χ1v) is 6.80. The highest BCUT2D eigenvalue weighted by Gasteiger charge is 2.17. The minimum absolute atomic E-state index is 0.0922. The van der Waals surface area contributed by atoms with E-state index in [1.807, 2.05) is 0 Å². The lowest BCUT2D eigenvalue weighted by Crippen LogP contribution is -2.40. The van der Waals surface area contributed by atoms with Crippen molar-refractivity contribution in [3.05, 3.63) is 39.7 Å². The van der Waals surface area contributed by atoms with Gasteiger partial charge in [0, 0.05) is 12.5 Å². The fourth-order valence-corrected chi connectivity index (χ4v) is 1.91. The van der Waals surface area contributed by atoms with Crippen LogP contribution in [0.1, 0.15) is 31.7 Å². The van der Waals surface area contributed by atoms with Gasteiger partial charge in [-0.25, -0.2) is 4.79 Å². The second-order valence-corrected chi connectivity index (χ2v) is 4.76. The van der Waals surface area contributed by atoms with Crippen molar-refractivity contribution in [3.63, 3.8) is 0 Å². The monoisotopic (exact) mass is 312 g/mol. The molecule has 120 valence electrons. The van der Waals surface area contributed by atoms with Gasteiger partial charge in [-0.1, -0.05) is 13.0 Å². The van der Waals surface area contributed by atoms with E-state index in [2.05, 4.69) is 5.32 Å². The number of aliphatic carboxylic acids is 1. The molecule has 1 aromatic carbocycles. The third-order valence-corrected chi connectivity index (χ3v) is 3.12. The van der Waals surface area contributed by atoms with Gasteiger partial charge in [-0.05, 0) is 30.9 Å². The van der Waals surface area contributed by atoms with Crippen molar-refractivity contribution in [2.45, 2.75) is 38.6 Å². The van der Waals surface area contributed by atoms with Crippen molar-refractivity contribution in [3.8, 4) is 0 Å². The average Bonchev–Trinajstić information content (AvgIpc) is 2.45. The number of nitrogens with one attached hydrogen (secondary N) is 1. The number of rotatable bonds is 8. The topological polar surface area (TPSA) is 110 Å². The molecule has 22 heavy (non-hydrogen) atoms. The number of halogens is 1. The zero-order valence-corrected chi connectivity index (χ0v) is 12.0. The van der Waals surface area contributed by atoms with Crippen molar-refractivity contribution in [2.24, 2.45) is 0 Å². The van der Waals surface area contributed by atoms with Crippen LogP contribution in [0, 0.1) is 15.9 Å². The summed E-state index contributed by atoms with van der Waals surface area (Å²) in [5.41, 5.74) is -0.0509. The predicted octanol–water partition coefficient (Wildman–Crippen LogP) is 2.04. The molecule has 1 aromatic rings. The van der Waals surface area contributed by atoms with Crippen LogP contribution >= 0.6 is 0 Å². The summed E-state index contributed by atoms with van der Waals surface area (Å²) in [4.78, 5) is 32.2. The van der Waals surface area contributed by atoms with Gasteiger partial charge in [0.05, 0.1) is 4.92 Å². The van der Waals surface area contributed by atoms with E-state index < -0.39 is 34.3 Å². The Kier molecular flexibility index (Phi) is 6.43. The summed E-state index contributed by atoms with van der Waals surface area (Å²) < 4.78 is 13.2. The Balaban J connectivity index is 2.51. The van der Waals surface area contributed by atoms with Crippen LogP contribution in [0.5, 0.6) is 0 Å². The number of nitro groups is 1. The number of nitro benzene ring substituents is 1. The summed E-state index contributed by atoms with van der Waals surface area (Å²) in [5.74, 6) is -2.39. The highest BCUT2D eigenvalue weighted by molar-refractivity contribution is 5.83. The van der Waals surface area contributed by atoms with E-state index in [4.69, 9.17) is 5.11 Å². The van der Waals surface area contributed by atoms with Crippen molar-refractivity contribution < 1.29 is 24.0 Å². The van der Waals surface area contributed by atoms with Crippen LogP contribution in [0.15, 0.2) is 18.2 Å². The van der Waals surface area contributed by atoms with E-state index in [1.165, 1.54) is 6.07 Å². The van der Waals surface area contributed by atoms with E-state index in [0.717, 1.165) is 12.1 Å². The SMILES string of the molecule is CCC(NC(=O)CCCc1ccc(F)c([N+](=O)[O-])c1)C(=O)O. The van der Waals surface area contributed by atoms with Gasteiger partial charge in [0.25, 0.3) is 0 Å². The molecule has 0 saturated carbocycles. The molecule has 0 fully saturated rings. The molecule has 0 bridgehead atoms. The molecule has 0 radical (unpaired) electrons. The molecule has 0 aliphatic rings. The van der Waals surface area contributed by atoms with Crippen LogP contribution in [0.4, 0.5) is 10.1 Å². The van der Waals surface area contributed by atoms with Gasteiger partial charge >= 0.3 is 11.7 Å². The van der Waals surface area contributed by atoms with Gasteiger partial charge in [-0.15, -0.1) is 0 Å². The number of aryl methyl sites for hydroxylation is 1. The molecule has 1 unspecified atom stereocenters. The lowest BCUT2D eigenvalue weighted by atomic mass is 10.1. The van der Waals surface area contributed by atoms with E-state index in [-0.39, 0.29) is 12.8 Å². The van der Waals surface area contributed by atoms with Crippen LogP contribution in [-0.4, -0.2) is 27.9 Å². The fourth-order valence-electron chi connectivity index (χ4n) is 1.91. The number of carbonyl (C=O) groups is 2. The van der Waals surface area contributed by atoms with Gasteiger partial charge in [0.2, 0.25) is 11.7 Å². The zero-order chi connectivity index (χ0) is 16.7. The predicted molar refractivity (Wildman–Crippen MR) is 75.8 cm³/mol. The number of hydrogen-bond acceptors (Lipinski definition) is 4. The molecule has 0 saturated heterocycles. The van der Waals surface area contributed by atoms with Gasteiger partial charge in [-0.2, -0.15) is 4.39 Å². The van der Waals surface area contributed by atoms with Crippen LogP contribution < -0.4 is 5.32 Å². The summed E-state index contributed by atoms with van der Waals surface area (Å²) >= 11 is 0. The first-order valence-electron chi connectivity index (χ1n) is 6.80. The number of carbonyl (C=O) groups excluding carboxylic acids is 1. The van der Waals surface area contributed by atoms with Crippen molar-refractivity contribution in [1.29, 1.82) is 0 Å². The maximum atomic E-state index is 13.2. The van der Waals surface area contributed by atoms with E-state index >= 15 is 0 Å². The molecular formula is C14H17FN2O5. The first-order chi connectivity index (χ1) is 10.3. The van der Waals surface area contributed by atoms with Crippen molar-refractivity contribution in [2.75, 3.05) is 0 Å². The molecule has 0 heterocycles. The summed E-state index contributed by atoms with van der Waals surface area (Å²) in [7, 11) is 0. The third kappa shape index (κ3) is 5.12. The second-order valence-electron chi connectivity index (χ2n) is 4.76. The van der Waals surface area contributed by atoms with Crippen LogP contribution in [0.25, 0.3) is 0 Å². The number of amides is 1. The Labute approximate surface area is 126 Å². The van der Waals surface area contributed by atoms with Crippen molar-refractivity contribution >= 4 is 17.6 Å². The average molecular weight is 312 g/mol. The maximum Gasteiger partial charge on any atom is 0.326 e. The van der Waals surface area contributed by atoms with Gasteiger partial charge in [0.15, 0.2) is 0 Å². The van der Waals surface area contributed by atoms with Gasteiger partial charge < -0.3 is 10.4 Å². The number of carboxylic acid groups (broad SMARTS) is 1. The normalized spacial score (nSPS) is 11.7. The Hall–Kier alpha value is -2.51.